The van der Waals surface area contributed by atoms with Crippen molar-refractivity contribution in [2.45, 2.75) is 10.1 Å². The molecule has 0 radical (unpaired) electrons. The number of rotatable bonds is 7. The molecule has 0 saturated heterocycles. The molecule has 0 aliphatic heterocycles. The zero-order valence-corrected chi connectivity index (χ0v) is 18.8. The van der Waals surface area contributed by atoms with Crippen molar-refractivity contribution in [3.8, 4) is 17.5 Å². The van der Waals surface area contributed by atoms with E-state index in [1.54, 1.807) is 4.72 Å². The van der Waals surface area contributed by atoms with Gasteiger partial charge in [0.1, 0.15) is 11.4 Å². The number of pyridine rings is 1. The number of anilines is 1. The Bertz CT molecular complexity index is 1380. The van der Waals surface area contributed by atoms with E-state index < -0.39 is 35.9 Å². The third-order valence-corrected chi connectivity index (χ3v) is 6.38. The Morgan fingerprint density at radius 1 is 0.969 bits per heavy atom. The number of hydrogen-bond acceptors (Lipinski definition) is 11. The molecular formula is C16H18N6O8S2. The van der Waals surface area contributed by atoms with Gasteiger partial charge >= 0.3 is 6.03 Å². The largest absolute Gasteiger partial charge is 0.495 e. The number of nitrogens with one attached hydrogen (secondary N) is 2. The van der Waals surface area contributed by atoms with Gasteiger partial charge in [-0.3, -0.25) is 9.72 Å². The maximum Gasteiger partial charge on any atom is 0.335 e. The Hall–Kier alpha value is -3.66. The number of carbonyl (C=O) groups excluding carboxylic acids is 1. The van der Waals surface area contributed by atoms with Gasteiger partial charge in [0.2, 0.25) is 17.7 Å². The number of fused-ring (bicyclic) bond motifs is 1. The van der Waals surface area contributed by atoms with Crippen molar-refractivity contribution in [1.29, 1.82) is 0 Å². The molecule has 32 heavy (non-hydrogen) atoms. The minimum absolute atomic E-state index is 0.00729. The topological polar surface area (TPSA) is 180 Å². The van der Waals surface area contributed by atoms with Gasteiger partial charge < -0.3 is 14.2 Å². The minimum atomic E-state index is -4.75. The number of nitrogens with zero attached hydrogens (tertiary/aromatic N) is 4. The highest BCUT2D eigenvalue weighted by atomic mass is 32.2. The zero-order chi connectivity index (χ0) is 23.7. The maximum absolute atomic E-state index is 13.0. The summed E-state index contributed by atoms with van der Waals surface area (Å²) in [6.07, 6.45) is 2.01. The number of imidazole rings is 1. The second-order valence-electron chi connectivity index (χ2n) is 6.13. The minimum Gasteiger partial charge on any atom is -0.495 e. The maximum atomic E-state index is 13.0. The highest BCUT2D eigenvalue weighted by Gasteiger charge is 2.32. The van der Waals surface area contributed by atoms with Gasteiger partial charge in [-0.05, 0) is 12.1 Å². The van der Waals surface area contributed by atoms with Crippen molar-refractivity contribution < 1.29 is 35.8 Å². The molecular weight excluding hydrogens is 468 g/mol. The molecule has 3 heterocycles. The number of amides is 2. The van der Waals surface area contributed by atoms with E-state index in [2.05, 4.69) is 20.3 Å². The fraction of sp³-hybridized carbons (Fsp3) is 0.250. The fourth-order valence-electron chi connectivity index (χ4n) is 2.56. The number of urea groups is 1. The normalized spacial score (nSPS) is 11.8. The predicted octanol–water partition coefficient (Wildman–Crippen LogP) is 0.0640. The number of hydrogen-bond donors (Lipinski definition) is 2. The molecule has 2 N–H and O–H groups in total. The van der Waals surface area contributed by atoms with Crippen LogP contribution in [0.3, 0.4) is 0 Å². The average Bonchev–Trinajstić information content (AvgIpc) is 3.13. The van der Waals surface area contributed by atoms with E-state index in [-0.39, 0.29) is 29.1 Å². The molecule has 0 bridgehead atoms. The summed E-state index contributed by atoms with van der Waals surface area (Å²) in [4.78, 5) is 24.0. The molecule has 3 rings (SSSR count). The highest BCUT2D eigenvalue weighted by Crippen LogP contribution is 2.25. The van der Waals surface area contributed by atoms with E-state index in [4.69, 9.17) is 14.2 Å². The van der Waals surface area contributed by atoms with Crippen molar-refractivity contribution in [2.24, 2.45) is 0 Å². The van der Waals surface area contributed by atoms with E-state index in [0.29, 0.717) is 0 Å². The van der Waals surface area contributed by atoms with Crippen molar-refractivity contribution in [3.05, 3.63) is 24.4 Å². The zero-order valence-electron chi connectivity index (χ0n) is 17.2. The van der Waals surface area contributed by atoms with Crippen LogP contribution in [0.2, 0.25) is 0 Å². The van der Waals surface area contributed by atoms with Gasteiger partial charge in [0, 0.05) is 6.26 Å². The second kappa shape index (κ2) is 8.46. The smallest absolute Gasteiger partial charge is 0.335 e. The molecule has 3 aromatic rings. The highest BCUT2D eigenvalue weighted by molar-refractivity contribution is 7.93. The Morgan fingerprint density at radius 3 is 2.12 bits per heavy atom. The summed E-state index contributed by atoms with van der Waals surface area (Å²) in [7, 11) is -4.85. The molecule has 16 heteroatoms. The van der Waals surface area contributed by atoms with Crippen LogP contribution in [0.15, 0.2) is 34.4 Å². The number of methoxy groups -OCH3 is 3. The summed E-state index contributed by atoms with van der Waals surface area (Å²) < 4.78 is 68.0. The first-order valence-corrected chi connectivity index (χ1v) is 11.9. The summed E-state index contributed by atoms with van der Waals surface area (Å²) in [5.41, 5.74) is 0.00729. The standard InChI is InChI=1S/C16H18N6O8S2/c1-28-9-5-6-10-17-13(31(4,24)25)14(22(10)8-9)32(26,27)21-16(23)20-15-18-11(29-2)7-12(19-15)30-3/h5-8H,1-4H3,(H2,18,19,20,21,23). The Morgan fingerprint density at radius 2 is 1.59 bits per heavy atom. The summed E-state index contributed by atoms with van der Waals surface area (Å²) in [6, 6.07) is 2.91. The molecule has 0 unspecified atom stereocenters. The number of sulfonamides is 1. The lowest BCUT2D eigenvalue weighted by atomic mass is 10.4. The van der Waals surface area contributed by atoms with Crippen molar-refractivity contribution >= 4 is 37.5 Å². The van der Waals surface area contributed by atoms with Gasteiger partial charge in [0.15, 0.2) is 19.9 Å². The van der Waals surface area contributed by atoms with Gasteiger partial charge in [-0.15, -0.1) is 0 Å². The fourth-order valence-corrected chi connectivity index (χ4v) is 5.09. The molecule has 0 spiro atoms. The number of aromatic nitrogens is 4. The van der Waals surface area contributed by atoms with E-state index in [9.17, 15) is 21.6 Å². The Labute approximate surface area is 182 Å². The lowest BCUT2D eigenvalue weighted by Crippen LogP contribution is -2.36. The summed E-state index contributed by atoms with van der Waals surface area (Å²) in [5.74, 6) is -0.00345. The second-order valence-corrected chi connectivity index (χ2v) is 9.66. The van der Waals surface area contributed by atoms with Gasteiger partial charge in [-0.1, -0.05) is 0 Å². The van der Waals surface area contributed by atoms with Crippen LogP contribution < -0.4 is 24.2 Å². The third-order valence-electron chi connectivity index (χ3n) is 3.91. The van der Waals surface area contributed by atoms with E-state index in [1.165, 1.54) is 45.7 Å². The van der Waals surface area contributed by atoms with E-state index in [1.807, 2.05) is 0 Å². The first-order valence-electron chi connectivity index (χ1n) is 8.55. The Kier molecular flexibility index (Phi) is 6.09. The summed E-state index contributed by atoms with van der Waals surface area (Å²) in [5, 5.41) is 0.608. The molecule has 0 fully saturated rings. The molecule has 0 aliphatic carbocycles. The van der Waals surface area contributed by atoms with Gasteiger partial charge in [0.05, 0.1) is 33.6 Å². The number of sulfone groups is 1. The first kappa shape index (κ1) is 23.0. The van der Waals surface area contributed by atoms with Crippen LogP contribution in [0.1, 0.15) is 0 Å². The SMILES string of the molecule is COc1ccc2nc(S(C)(=O)=O)c(S(=O)(=O)NC(=O)Nc3nc(OC)cc(OC)n3)n2c1. The quantitative estimate of drug-likeness (QED) is 0.461. The molecule has 0 saturated carbocycles. The van der Waals surface area contributed by atoms with Gasteiger partial charge in [-0.25, -0.2) is 22.9 Å². The average molecular weight is 486 g/mol. The van der Waals surface area contributed by atoms with Crippen LogP contribution in [0.4, 0.5) is 10.7 Å². The molecule has 0 atom stereocenters. The van der Waals surface area contributed by atoms with Gasteiger partial charge in [0.25, 0.3) is 10.0 Å². The lowest BCUT2D eigenvalue weighted by molar-refractivity contribution is 0.256. The van der Waals surface area contributed by atoms with E-state index >= 15 is 0 Å². The molecule has 0 aliphatic rings. The molecule has 2 amide bonds. The van der Waals surface area contributed by atoms with Crippen molar-refractivity contribution in [3.63, 3.8) is 0 Å². The van der Waals surface area contributed by atoms with Crippen LogP contribution in [0.5, 0.6) is 17.5 Å². The van der Waals surface area contributed by atoms with Crippen molar-refractivity contribution in [2.75, 3.05) is 32.9 Å². The monoisotopic (exact) mass is 486 g/mol. The summed E-state index contributed by atoms with van der Waals surface area (Å²) >= 11 is 0. The van der Waals surface area contributed by atoms with Crippen molar-refractivity contribution in [1.82, 2.24) is 24.1 Å². The molecule has 3 aromatic heterocycles. The Balaban J connectivity index is 2.02. The summed E-state index contributed by atoms with van der Waals surface area (Å²) in [6.45, 7) is 0. The third kappa shape index (κ3) is 4.65. The van der Waals surface area contributed by atoms with Gasteiger partial charge in [-0.2, -0.15) is 18.4 Å². The molecule has 0 aromatic carbocycles. The molecule has 14 nitrogen and oxygen atoms in total. The number of carbonyl (C=O) groups is 1. The van der Waals surface area contributed by atoms with Crippen LogP contribution in [0.25, 0.3) is 5.65 Å². The van der Waals surface area contributed by atoms with Crippen LogP contribution in [0, 0.1) is 0 Å². The van der Waals surface area contributed by atoms with Crippen LogP contribution in [-0.4, -0.2) is 69.8 Å². The van der Waals surface area contributed by atoms with E-state index in [0.717, 1.165) is 10.7 Å². The predicted molar refractivity (Wildman–Crippen MR) is 109 cm³/mol. The first-order chi connectivity index (χ1) is 15.0. The number of ether oxygens (including phenoxy) is 3. The van der Waals surface area contributed by atoms with Crippen LogP contribution >= 0.6 is 0 Å². The lowest BCUT2D eigenvalue weighted by Gasteiger charge is -2.10. The molecule has 172 valence electrons. The van der Waals surface area contributed by atoms with Crippen LogP contribution in [-0.2, 0) is 19.9 Å².